The van der Waals surface area contributed by atoms with Crippen LogP contribution >= 0.6 is 0 Å². The molecule has 3 heteroatoms. The normalized spacial score (nSPS) is 12.8. The molecule has 0 aromatic heterocycles. The molecule has 0 bridgehead atoms. The van der Waals surface area contributed by atoms with Crippen LogP contribution in [-0.4, -0.2) is 18.6 Å². The smallest absolute Gasteiger partial charge is 0.322 e. The number of carbonyl (C=O) groups excluding carboxylic acids is 1. The van der Waals surface area contributed by atoms with Crippen molar-refractivity contribution < 1.29 is 9.53 Å². The van der Waals surface area contributed by atoms with Crippen LogP contribution < -0.4 is 5.73 Å². The number of ether oxygens (including phenoxy) is 1. The molecule has 0 aromatic rings. The average molecular weight is 255 g/mol. The van der Waals surface area contributed by atoms with Crippen LogP contribution in [0.25, 0.3) is 0 Å². The minimum atomic E-state index is -0.526. The number of unbranched alkanes of at least 4 members (excludes halogenated alkanes) is 7. The van der Waals surface area contributed by atoms with E-state index in [1.54, 1.807) is 6.92 Å². The molecule has 0 saturated heterocycles. The SMILES string of the molecule is CCCCCCCCCC=CCOC(=O)C(C)N. The first-order chi connectivity index (χ1) is 8.68. The van der Waals surface area contributed by atoms with Gasteiger partial charge in [-0.1, -0.05) is 57.6 Å². The van der Waals surface area contributed by atoms with E-state index < -0.39 is 6.04 Å². The zero-order valence-electron chi connectivity index (χ0n) is 12.0. The summed E-state index contributed by atoms with van der Waals surface area (Å²) in [5, 5.41) is 0. The van der Waals surface area contributed by atoms with Gasteiger partial charge in [-0.3, -0.25) is 4.79 Å². The van der Waals surface area contributed by atoms with Crippen LogP contribution in [0.5, 0.6) is 0 Å². The Morgan fingerprint density at radius 1 is 1.11 bits per heavy atom. The zero-order valence-corrected chi connectivity index (χ0v) is 12.0. The number of nitrogens with two attached hydrogens (primary N) is 1. The molecule has 0 aliphatic rings. The number of allylic oxidation sites excluding steroid dienone is 1. The highest BCUT2D eigenvalue weighted by atomic mass is 16.5. The van der Waals surface area contributed by atoms with Crippen LogP contribution in [0.15, 0.2) is 12.2 Å². The lowest BCUT2D eigenvalue weighted by Crippen LogP contribution is -2.28. The van der Waals surface area contributed by atoms with Crippen molar-refractivity contribution in [1.29, 1.82) is 0 Å². The topological polar surface area (TPSA) is 52.3 Å². The Balaban J connectivity index is 3.21. The van der Waals surface area contributed by atoms with Crippen molar-refractivity contribution in [2.45, 2.75) is 71.3 Å². The molecule has 2 N–H and O–H groups in total. The summed E-state index contributed by atoms with van der Waals surface area (Å²) >= 11 is 0. The van der Waals surface area contributed by atoms with Gasteiger partial charge in [0.15, 0.2) is 0 Å². The monoisotopic (exact) mass is 255 g/mol. The Labute approximate surface area is 112 Å². The lowest BCUT2D eigenvalue weighted by molar-refractivity contribution is -0.143. The second-order valence-electron chi connectivity index (χ2n) is 4.80. The van der Waals surface area contributed by atoms with Gasteiger partial charge in [0.2, 0.25) is 0 Å². The molecule has 0 spiro atoms. The Morgan fingerprint density at radius 3 is 2.33 bits per heavy atom. The van der Waals surface area contributed by atoms with E-state index in [-0.39, 0.29) is 5.97 Å². The molecule has 18 heavy (non-hydrogen) atoms. The maximum atomic E-state index is 11.0. The van der Waals surface area contributed by atoms with Crippen LogP contribution in [0, 0.1) is 0 Å². The van der Waals surface area contributed by atoms with E-state index in [1.165, 1.54) is 44.9 Å². The van der Waals surface area contributed by atoms with E-state index in [9.17, 15) is 4.79 Å². The van der Waals surface area contributed by atoms with Crippen LogP contribution in [0.2, 0.25) is 0 Å². The van der Waals surface area contributed by atoms with Gasteiger partial charge in [0, 0.05) is 0 Å². The predicted octanol–water partition coefficient (Wildman–Crippen LogP) is 3.57. The molecular weight excluding hydrogens is 226 g/mol. The molecule has 0 rings (SSSR count). The van der Waals surface area contributed by atoms with Crippen molar-refractivity contribution in [3.8, 4) is 0 Å². The Hall–Kier alpha value is -0.830. The second-order valence-corrected chi connectivity index (χ2v) is 4.80. The van der Waals surface area contributed by atoms with Crippen molar-refractivity contribution >= 4 is 5.97 Å². The van der Waals surface area contributed by atoms with Gasteiger partial charge in [-0.25, -0.2) is 0 Å². The summed E-state index contributed by atoms with van der Waals surface area (Å²) in [5.41, 5.74) is 5.37. The third-order valence-corrected chi connectivity index (χ3v) is 2.83. The summed E-state index contributed by atoms with van der Waals surface area (Å²) in [5.74, 6) is -0.337. The number of rotatable bonds is 11. The minimum absolute atomic E-state index is 0.337. The summed E-state index contributed by atoms with van der Waals surface area (Å²) in [7, 11) is 0. The number of hydrogen-bond donors (Lipinski definition) is 1. The molecule has 0 aliphatic carbocycles. The van der Waals surface area contributed by atoms with Crippen LogP contribution in [-0.2, 0) is 9.53 Å². The van der Waals surface area contributed by atoms with Gasteiger partial charge < -0.3 is 10.5 Å². The van der Waals surface area contributed by atoms with E-state index in [0.29, 0.717) is 6.61 Å². The highest BCUT2D eigenvalue weighted by Crippen LogP contribution is 2.08. The van der Waals surface area contributed by atoms with Crippen molar-refractivity contribution in [2.24, 2.45) is 5.73 Å². The zero-order chi connectivity index (χ0) is 13.6. The molecule has 1 atom stereocenters. The predicted molar refractivity (Wildman–Crippen MR) is 76.4 cm³/mol. The molecule has 0 amide bonds. The molecule has 0 aromatic carbocycles. The standard InChI is InChI=1S/C15H29NO2/c1-3-4-5-6-7-8-9-10-11-12-13-18-15(17)14(2)16/h11-12,14H,3-10,13,16H2,1-2H3. The summed E-state index contributed by atoms with van der Waals surface area (Å²) in [6.45, 7) is 4.21. The molecule has 106 valence electrons. The van der Waals surface area contributed by atoms with Crippen LogP contribution in [0.3, 0.4) is 0 Å². The quantitative estimate of drug-likeness (QED) is 0.349. The molecule has 3 nitrogen and oxygen atoms in total. The number of esters is 1. The van der Waals surface area contributed by atoms with Crippen molar-refractivity contribution in [3.05, 3.63) is 12.2 Å². The highest BCUT2D eigenvalue weighted by Gasteiger charge is 2.06. The molecule has 0 heterocycles. The van der Waals surface area contributed by atoms with Crippen molar-refractivity contribution in [2.75, 3.05) is 6.61 Å². The number of hydrogen-bond acceptors (Lipinski definition) is 3. The fourth-order valence-corrected chi connectivity index (χ4v) is 1.67. The third kappa shape index (κ3) is 11.6. The van der Waals surface area contributed by atoms with Gasteiger partial charge in [-0.05, 0) is 19.8 Å². The summed E-state index contributed by atoms with van der Waals surface area (Å²) < 4.78 is 4.92. The fraction of sp³-hybridized carbons (Fsp3) is 0.800. The first-order valence-corrected chi connectivity index (χ1v) is 7.25. The first kappa shape index (κ1) is 17.2. The molecule has 0 radical (unpaired) electrons. The van der Waals surface area contributed by atoms with E-state index in [0.717, 1.165) is 6.42 Å². The Bertz CT molecular complexity index is 225. The van der Waals surface area contributed by atoms with E-state index in [2.05, 4.69) is 13.0 Å². The Kier molecular flexibility index (Phi) is 12.0. The lowest BCUT2D eigenvalue weighted by Gasteiger charge is -2.03. The van der Waals surface area contributed by atoms with Gasteiger partial charge in [0.1, 0.15) is 12.6 Å². The average Bonchev–Trinajstić information content (AvgIpc) is 2.35. The van der Waals surface area contributed by atoms with Gasteiger partial charge in [0.25, 0.3) is 0 Å². The summed E-state index contributed by atoms with van der Waals surface area (Å²) in [4.78, 5) is 11.0. The largest absolute Gasteiger partial charge is 0.460 e. The third-order valence-electron chi connectivity index (χ3n) is 2.83. The number of carbonyl (C=O) groups is 1. The van der Waals surface area contributed by atoms with Crippen LogP contribution in [0.4, 0.5) is 0 Å². The molecule has 0 aliphatic heterocycles. The van der Waals surface area contributed by atoms with Gasteiger partial charge in [0.05, 0.1) is 0 Å². The van der Waals surface area contributed by atoms with Crippen LogP contribution in [0.1, 0.15) is 65.2 Å². The second kappa shape index (κ2) is 12.6. The maximum Gasteiger partial charge on any atom is 0.322 e. The van der Waals surface area contributed by atoms with Gasteiger partial charge >= 0.3 is 5.97 Å². The molecule has 0 saturated carbocycles. The molecular formula is C15H29NO2. The summed E-state index contributed by atoms with van der Waals surface area (Å²) in [6, 6.07) is -0.526. The molecule has 0 fully saturated rings. The van der Waals surface area contributed by atoms with Gasteiger partial charge in [-0.15, -0.1) is 0 Å². The fourth-order valence-electron chi connectivity index (χ4n) is 1.67. The van der Waals surface area contributed by atoms with E-state index in [4.69, 9.17) is 10.5 Å². The van der Waals surface area contributed by atoms with E-state index in [1.807, 2.05) is 6.08 Å². The Morgan fingerprint density at radius 2 is 1.72 bits per heavy atom. The minimum Gasteiger partial charge on any atom is -0.460 e. The van der Waals surface area contributed by atoms with Crippen molar-refractivity contribution in [1.82, 2.24) is 0 Å². The van der Waals surface area contributed by atoms with Gasteiger partial charge in [-0.2, -0.15) is 0 Å². The molecule has 1 unspecified atom stereocenters. The maximum absolute atomic E-state index is 11.0. The summed E-state index contributed by atoms with van der Waals surface area (Å²) in [6.07, 6.45) is 14.3. The van der Waals surface area contributed by atoms with Crippen molar-refractivity contribution in [3.63, 3.8) is 0 Å². The lowest BCUT2D eigenvalue weighted by atomic mass is 10.1. The first-order valence-electron chi connectivity index (χ1n) is 7.25. The van der Waals surface area contributed by atoms with E-state index >= 15 is 0 Å². The highest BCUT2D eigenvalue weighted by molar-refractivity contribution is 5.74.